The zero-order valence-corrected chi connectivity index (χ0v) is 14.2. The first-order chi connectivity index (χ1) is 9.88. The van der Waals surface area contributed by atoms with E-state index in [1.807, 2.05) is 0 Å². The summed E-state index contributed by atoms with van der Waals surface area (Å²) in [5, 5.41) is 0.508. The predicted molar refractivity (Wildman–Crippen MR) is 86.1 cm³/mol. The summed E-state index contributed by atoms with van der Waals surface area (Å²) in [6.45, 7) is 0. The summed E-state index contributed by atoms with van der Waals surface area (Å²) >= 11 is 30.3. The van der Waals surface area contributed by atoms with Crippen molar-refractivity contribution in [3.05, 3.63) is 49.1 Å². The fraction of sp³-hybridized carbons (Fsp3) is 0.0769. The first kappa shape index (κ1) is 16.7. The number of methoxy groups -OCH3 is 1. The van der Waals surface area contributed by atoms with E-state index in [-0.39, 0.29) is 30.8 Å². The number of halogens is 5. The minimum Gasteiger partial charge on any atom is -0.464 e. The second-order valence-electron chi connectivity index (χ2n) is 3.87. The largest absolute Gasteiger partial charge is 0.464 e. The van der Waals surface area contributed by atoms with E-state index in [4.69, 9.17) is 58.0 Å². The molecule has 0 saturated heterocycles. The molecule has 0 bridgehead atoms. The molecule has 0 amide bonds. The Balaban J connectivity index is 2.71. The molecule has 8 heteroatoms. The maximum Gasteiger partial charge on any atom is 0.356 e. The highest BCUT2D eigenvalue weighted by molar-refractivity contribution is 6.56. The van der Waals surface area contributed by atoms with Gasteiger partial charge in [0.15, 0.2) is 0 Å². The summed E-state index contributed by atoms with van der Waals surface area (Å²) in [7, 11) is 1.26. The van der Waals surface area contributed by atoms with Gasteiger partial charge in [-0.2, -0.15) is 0 Å². The van der Waals surface area contributed by atoms with E-state index in [0.717, 1.165) is 0 Å². The van der Waals surface area contributed by atoms with Gasteiger partial charge in [-0.25, -0.2) is 9.78 Å². The minimum atomic E-state index is -0.588. The number of carbonyl (C=O) groups is 1. The molecule has 0 unspecified atom stereocenters. The van der Waals surface area contributed by atoms with E-state index in [2.05, 4.69) is 9.72 Å². The van der Waals surface area contributed by atoms with Crippen LogP contribution in [-0.2, 0) is 4.74 Å². The molecule has 0 fully saturated rings. The number of esters is 1. The third-order valence-corrected chi connectivity index (χ3v) is 4.93. The van der Waals surface area contributed by atoms with Crippen LogP contribution in [0.2, 0.25) is 25.1 Å². The van der Waals surface area contributed by atoms with Crippen LogP contribution < -0.4 is 0 Å². The highest BCUT2D eigenvalue weighted by Gasteiger charge is 2.21. The lowest BCUT2D eigenvalue weighted by molar-refractivity contribution is 0.0594. The van der Waals surface area contributed by atoms with Crippen LogP contribution in [-0.4, -0.2) is 18.1 Å². The minimum absolute atomic E-state index is 0.0688. The van der Waals surface area contributed by atoms with Gasteiger partial charge >= 0.3 is 5.97 Å². The highest BCUT2D eigenvalue weighted by Crippen LogP contribution is 2.48. The van der Waals surface area contributed by atoms with Crippen molar-refractivity contribution in [1.82, 2.24) is 4.98 Å². The average molecular weight is 385 g/mol. The molecule has 2 rings (SSSR count). The number of rotatable bonds is 2. The second kappa shape index (κ2) is 6.59. The molecule has 110 valence electrons. The van der Waals surface area contributed by atoms with E-state index in [1.54, 1.807) is 6.07 Å². The quantitative estimate of drug-likeness (QED) is 0.372. The first-order valence-corrected chi connectivity index (χ1v) is 7.33. The van der Waals surface area contributed by atoms with Crippen LogP contribution in [0.5, 0.6) is 0 Å². The van der Waals surface area contributed by atoms with Gasteiger partial charge in [0.2, 0.25) is 0 Å². The lowest BCUT2D eigenvalue weighted by atomic mass is 10.1. The van der Waals surface area contributed by atoms with Crippen molar-refractivity contribution in [3.8, 4) is 11.1 Å². The standard InChI is InChI=1S/C13H6Cl5NO2/c1-21-13(20)6-4-5(2-3-19-6)7-8(14)10(16)12(18)11(17)9(7)15/h2-4H,1H3. The maximum atomic E-state index is 11.5. The van der Waals surface area contributed by atoms with E-state index in [0.29, 0.717) is 11.1 Å². The molecule has 0 atom stereocenters. The van der Waals surface area contributed by atoms with E-state index in [9.17, 15) is 4.79 Å². The van der Waals surface area contributed by atoms with Gasteiger partial charge in [-0.1, -0.05) is 58.0 Å². The highest BCUT2D eigenvalue weighted by atomic mass is 35.5. The fourth-order valence-electron chi connectivity index (χ4n) is 1.66. The summed E-state index contributed by atoms with van der Waals surface area (Å²) in [5.41, 5.74) is 0.982. The molecular formula is C13H6Cl5NO2. The van der Waals surface area contributed by atoms with E-state index >= 15 is 0 Å². The van der Waals surface area contributed by atoms with Crippen molar-refractivity contribution in [3.63, 3.8) is 0 Å². The Morgan fingerprint density at radius 2 is 1.52 bits per heavy atom. The average Bonchev–Trinajstić information content (AvgIpc) is 2.50. The third-order valence-electron chi connectivity index (χ3n) is 2.65. The van der Waals surface area contributed by atoms with Gasteiger partial charge < -0.3 is 4.74 Å². The fourth-order valence-corrected chi connectivity index (χ4v) is 3.02. The smallest absolute Gasteiger partial charge is 0.356 e. The zero-order chi connectivity index (χ0) is 15.7. The van der Waals surface area contributed by atoms with Gasteiger partial charge in [-0.15, -0.1) is 0 Å². The Morgan fingerprint density at radius 1 is 1.00 bits per heavy atom. The second-order valence-corrected chi connectivity index (χ2v) is 5.76. The van der Waals surface area contributed by atoms with E-state index in [1.165, 1.54) is 19.4 Å². The molecule has 0 spiro atoms. The maximum absolute atomic E-state index is 11.5. The molecule has 2 aromatic rings. The Hall–Kier alpha value is -0.710. The number of nitrogens with zero attached hydrogens (tertiary/aromatic N) is 1. The van der Waals surface area contributed by atoms with Crippen molar-refractivity contribution >= 4 is 64.0 Å². The van der Waals surface area contributed by atoms with Crippen LogP contribution in [0.4, 0.5) is 0 Å². The van der Waals surface area contributed by atoms with Gasteiger partial charge in [0.1, 0.15) is 5.69 Å². The molecule has 0 saturated carbocycles. The summed E-state index contributed by atoms with van der Waals surface area (Å²) in [4.78, 5) is 15.4. The lowest BCUT2D eigenvalue weighted by Crippen LogP contribution is -2.04. The van der Waals surface area contributed by atoms with Crippen molar-refractivity contribution in [2.24, 2.45) is 0 Å². The SMILES string of the molecule is COC(=O)c1cc(-c2c(Cl)c(Cl)c(Cl)c(Cl)c2Cl)ccn1. The van der Waals surface area contributed by atoms with Crippen molar-refractivity contribution in [2.75, 3.05) is 7.11 Å². The molecule has 0 N–H and O–H groups in total. The number of hydrogen-bond donors (Lipinski definition) is 0. The summed E-state index contributed by atoms with van der Waals surface area (Å²) in [6, 6.07) is 3.08. The van der Waals surface area contributed by atoms with Crippen LogP contribution in [0.3, 0.4) is 0 Å². The molecule has 21 heavy (non-hydrogen) atoms. The molecular weight excluding hydrogens is 379 g/mol. The van der Waals surface area contributed by atoms with Gasteiger partial charge in [0.05, 0.1) is 32.2 Å². The van der Waals surface area contributed by atoms with Crippen LogP contribution in [0.25, 0.3) is 11.1 Å². The van der Waals surface area contributed by atoms with Crippen LogP contribution in [0.15, 0.2) is 18.3 Å². The Morgan fingerprint density at radius 3 is 2.05 bits per heavy atom. The summed E-state index contributed by atoms with van der Waals surface area (Å²) in [6.07, 6.45) is 1.42. The van der Waals surface area contributed by atoms with Gasteiger partial charge in [0.25, 0.3) is 0 Å². The number of aromatic nitrogens is 1. The van der Waals surface area contributed by atoms with Crippen LogP contribution >= 0.6 is 58.0 Å². The monoisotopic (exact) mass is 383 g/mol. The van der Waals surface area contributed by atoms with Gasteiger partial charge in [-0.05, 0) is 17.7 Å². The zero-order valence-electron chi connectivity index (χ0n) is 10.4. The lowest BCUT2D eigenvalue weighted by Gasteiger charge is -2.13. The Bertz CT molecular complexity index is 704. The Kier molecular flexibility index (Phi) is 5.23. The van der Waals surface area contributed by atoms with Crippen molar-refractivity contribution < 1.29 is 9.53 Å². The Labute approximate surface area is 145 Å². The summed E-state index contributed by atoms with van der Waals surface area (Å²) in [5.74, 6) is -0.588. The number of hydrogen-bond acceptors (Lipinski definition) is 3. The first-order valence-electron chi connectivity index (χ1n) is 5.44. The van der Waals surface area contributed by atoms with Gasteiger partial charge in [-0.3, -0.25) is 0 Å². The third kappa shape index (κ3) is 3.08. The number of benzene rings is 1. The molecule has 0 aliphatic carbocycles. The van der Waals surface area contributed by atoms with Crippen molar-refractivity contribution in [2.45, 2.75) is 0 Å². The predicted octanol–water partition coefficient (Wildman–Crippen LogP) is 5.80. The van der Waals surface area contributed by atoms with Crippen molar-refractivity contribution in [1.29, 1.82) is 0 Å². The molecule has 0 aliphatic rings. The van der Waals surface area contributed by atoms with Crippen LogP contribution in [0, 0.1) is 0 Å². The topological polar surface area (TPSA) is 39.2 Å². The molecule has 1 heterocycles. The van der Waals surface area contributed by atoms with Crippen LogP contribution in [0.1, 0.15) is 10.5 Å². The van der Waals surface area contributed by atoms with E-state index < -0.39 is 5.97 Å². The molecule has 1 aromatic heterocycles. The summed E-state index contributed by atoms with van der Waals surface area (Å²) < 4.78 is 4.61. The number of ether oxygens (including phenoxy) is 1. The number of pyridine rings is 1. The normalized spacial score (nSPS) is 10.6. The molecule has 1 aromatic carbocycles. The van der Waals surface area contributed by atoms with Gasteiger partial charge in [0, 0.05) is 11.8 Å². The molecule has 0 aliphatic heterocycles. The number of carbonyl (C=O) groups excluding carboxylic acids is 1. The molecule has 0 radical (unpaired) electrons. The molecule has 3 nitrogen and oxygen atoms in total.